The van der Waals surface area contributed by atoms with Gasteiger partial charge < -0.3 is 24.4 Å². The van der Waals surface area contributed by atoms with E-state index in [0.29, 0.717) is 59.6 Å². The number of rotatable bonds is 6. The van der Waals surface area contributed by atoms with E-state index in [4.69, 9.17) is 14.2 Å². The molecular formula is C19H23BrN4O4. The number of methoxy groups -OCH3 is 1. The van der Waals surface area contributed by atoms with Crippen LogP contribution in [0, 0.1) is 0 Å². The Labute approximate surface area is 172 Å². The average Bonchev–Trinajstić information content (AvgIpc) is 2.69. The number of benzene rings is 1. The molecule has 9 heteroatoms. The Balaban J connectivity index is 1.86. The number of nitrogens with one attached hydrogen (secondary N) is 1. The zero-order chi connectivity index (χ0) is 20.1. The van der Waals surface area contributed by atoms with Crippen LogP contribution in [0.2, 0.25) is 0 Å². The van der Waals surface area contributed by atoms with Crippen molar-refractivity contribution >= 4 is 33.5 Å². The second kappa shape index (κ2) is 9.20. The molecule has 150 valence electrons. The predicted octanol–water partition coefficient (Wildman–Crippen LogP) is 3.25. The van der Waals surface area contributed by atoms with Crippen molar-refractivity contribution in [3.8, 4) is 11.6 Å². The molecule has 2 aromatic rings. The van der Waals surface area contributed by atoms with Gasteiger partial charge in [-0.25, -0.2) is 4.98 Å². The number of aromatic nitrogens is 2. The Bertz CT molecular complexity index is 841. The van der Waals surface area contributed by atoms with Crippen LogP contribution in [0.4, 0.5) is 11.6 Å². The minimum atomic E-state index is -0.0736. The molecule has 1 saturated heterocycles. The lowest BCUT2D eigenvalue weighted by atomic mass is 10.1. The number of morpholine rings is 1. The molecule has 0 bridgehead atoms. The van der Waals surface area contributed by atoms with Crippen molar-refractivity contribution in [3.05, 3.63) is 34.4 Å². The third kappa shape index (κ3) is 4.90. The highest BCUT2D eigenvalue weighted by molar-refractivity contribution is 9.10. The molecule has 0 spiro atoms. The minimum Gasteiger partial charge on any atom is -0.490 e. The number of anilines is 2. The summed E-state index contributed by atoms with van der Waals surface area (Å²) in [6.07, 6.45) is 1.53. The van der Waals surface area contributed by atoms with Crippen LogP contribution in [0.3, 0.4) is 0 Å². The van der Waals surface area contributed by atoms with E-state index in [1.807, 2.05) is 13.8 Å². The summed E-state index contributed by atoms with van der Waals surface area (Å²) in [7, 11) is 1.54. The van der Waals surface area contributed by atoms with Gasteiger partial charge in [-0.3, -0.25) is 4.79 Å². The number of amides is 1. The molecule has 1 aliphatic rings. The summed E-state index contributed by atoms with van der Waals surface area (Å²) in [5.41, 5.74) is 1.23. The second-order valence-corrected chi connectivity index (χ2v) is 7.31. The van der Waals surface area contributed by atoms with Gasteiger partial charge in [0.1, 0.15) is 5.75 Å². The number of carbonyl (C=O) groups is 1. The van der Waals surface area contributed by atoms with Crippen molar-refractivity contribution in [2.24, 2.45) is 0 Å². The highest BCUT2D eigenvalue weighted by atomic mass is 79.9. The number of hydrogen-bond acceptors (Lipinski definition) is 7. The number of nitrogens with zero attached hydrogens (tertiary/aromatic N) is 3. The van der Waals surface area contributed by atoms with Crippen molar-refractivity contribution in [1.29, 1.82) is 0 Å². The molecular weight excluding hydrogens is 428 g/mol. The van der Waals surface area contributed by atoms with Crippen molar-refractivity contribution in [2.75, 3.05) is 38.7 Å². The Morgan fingerprint density at radius 2 is 2.07 bits per heavy atom. The van der Waals surface area contributed by atoms with Gasteiger partial charge in [0.15, 0.2) is 0 Å². The molecule has 1 amide bonds. The van der Waals surface area contributed by atoms with Gasteiger partial charge in [0.25, 0.3) is 5.91 Å². The normalized spacial score (nSPS) is 14.1. The Morgan fingerprint density at radius 3 is 2.75 bits per heavy atom. The number of carbonyl (C=O) groups excluding carboxylic acids is 1. The van der Waals surface area contributed by atoms with E-state index in [2.05, 4.69) is 31.2 Å². The van der Waals surface area contributed by atoms with E-state index in [9.17, 15) is 4.79 Å². The highest BCUT2D eigenvalue weighted by Gasteiger charge is 2.22. The van der Waals surface area contributed by atoms with E-state index >= 15 is 0 Å². The lowest BCUT2D eigenvalue weighted by Crippen LogP contribution is -2.40. The minimum absolute atomic E-state index is 0.0629. The first-order chi connectivity index (χ1) is 13.5. The SMILES string of the molecule is COc1nc(Nc2ccc(C(=O)N3CCOCC3)c(OC(C)C)c2)ncc1Br. The van der Waals surface area contributed by atoms with E-state index in [1.54, 1.807) is 29.3 Å². The summed E-state index contributed by atoms with van der Waals surface area (Å²) in [5, 5.41) is 3.12. The summed E-state index contributed by atoms with van der Waals surface area (Å²) in [4.78, 5) is 23.2. The molecule has 1 aromatic heterocycles. The largest absolute Gasteiger partial charge is 0.490 e. The molecule has 8 nitrogen and oxygen atoms in total. The topological polar surface area (TPSA) is 85.8 Å². The molecule has 2 heterocycles. The maximum absolute atomic E-state index is 12.9. The molecule has 0 unspecified atom stereocenters. The second-order valence-electron chi connectivity index (χ2n) is 6.46. The van der Waals surface area contributed by atoms with Crippen LogP contribution in [0.5, 0.6) is 11.6 Å². The van der Waals surface area contributed by atoms with Crippen LogP contribution < -0.4 is 14.8 Å². The van der Waals surface area contributed by atoms with Crippen LogP contribution in [-0.2, 0) is 4.74 Å². The Kier molecular flexibility index (Phi) is 6.69. The maximum atomic E-state index is 12.9. The number of halogens is 1. The van der Waals surface area contributed by atoms with Crippen LogP contribution in [0.1, 0.15) is 24.2 Å². The van der Waals surface area contributed by atoms with Gasteiger partial charge >= 0.3 is 0 Å². The molecule has 1 N–H and O–H groups in total. The monoisotopic (exact) mass is 450 g/mol. The van der Waals surface area contributed by atoms with Gasteiger partial charge in [0.2, 0.25) is 11.8 Å². The molecule has 0 aliphatic carbocycles. The molecule has 1 aliphatic heterocycles. The first kappa shape index (κ1) is 20.3. The van der Waals surface area contributed by atoms with E-state index in [0.717, 1.165) is 0 Å². The molecule has 1 aromatic carbocycles. The highest BCUT2D eigenvalue weighted by Crippen LogP contribution is 2.29. The summed E-state index contributed by atoms with van der Waals surface area (Å²) >= 11 is 3.33. The fourth-order valence-corrected chi connectivity index (χ4v) is 3.10. The number of hydrogen-bond donors (Lipinski definition) is 1. The summed E-state index contributed by atoms with van der Waals surface area (Å²) in [6, 6.07) is 5.35. The Morgan fingerprint density at radius 1 is 1.32 bits per heavy atom. The van der Waals surface area contributed by atoms with Crippen molar-refractivity contribution < 1.29 is 19.0 Å². The van der Waals surface area contributed by atoms with Gasteiger partial charge in [-0.2, -0.15) is 4.98 Å². The van der Waals surface area contributed by atoms with Gasteiger partial charge in [-0.05, 0) is 41.9 Å². The van der Waals surface area contributed by atoms with Gasteiger partial charge in [0.05, 0.1) is 42.7 Å². The first-order valence-corrected chi connectivity index (χ1v) is 9.78. The first-order valence-electron chi connectivity index (χ1n) is 8.99. The van der Waals surface area contributed by atoms with Crippen molar-refractivity contribution in [1.82, 2.24) is 14.9 Å². The van der Waals surface area contributed by atoms with E-state index < -0.39 is 0 Å². The fraction of sp³-hybridized carbons (Fsp3) is 0.421. The van der Waals surface area contributed by atoms with Crippen molar-refractivity contribution in [2.45, 2.75) is 20.0 Å². The molecule has 0 saturated carbocycles. The zero-order valence-corrected chi connectivity index (χ0v) is 17.7. The lowest BCUT2D eigenvalue weighted by molar-refractivity contribution is 0.0299. The summed E-state index contributed by atoms with van der Waals surface area (Å²) < 4.78 is 17.1. The summed E-state index contributed by atoms with van der Waals surface area (Å²) in [6.45, 7) is 6.10. The van der Waals surface area contributed by atoms with Crippen LogP contribution in [0.25, 0.3) is 0 Å². The molecule has 0 radical (unpaired) electrons. The molecule has 0 atom stereocenters. The quantitative estimate of drug-likeness (QED) is 0.722. The molecule has 3 rings (SSSR count). The predicted molar refractivity (Wildman–Crippen MR) is 108 cm³/mol. The molecule has 28 heavy (non-hydrogen) atoms. The van der Waals surface area contributed by atoms with Crippen molar-refractivity contribution in [3.63, 3.8) is 0 Å². The van der Waals surface area contributed by atoms with E-state index in [1.165, 1.54) is 7.11 Å². The smallest absolute Gasteiger partial charge is 0.257 e. The van der Waals surface area contributed by atoms with E-state index in [-0.39, 0.29) is 12.0 Å². The van der Waals surface area contributed by atoms with Crippen LogP contribution in [-0.4, -0.2) is 60.3 Å². The van der Waals surface area contributed by atoms with Crippen LogP contribution >= 0.6 is 15.9 Å². The van der Waals surface area contributed by atoms with Gasteiger partial charge in [0, 0.05) is 24.8 Å². The fourth-order valence-electron chi connectivity index (χ4n) is 2.75. The summed E-state index contributed by atoms with van der Waals surface area (Å²) in [5.74, 6) is 1.26. The Hall–Kier alpha value is -2.39. The molecule has 1 fully saturated rings. The lowest BCUT2D eigenvalue weighted by Gasteiger charge is -2.28. The zero-order valence-electron chi connectivity index (χ0n) is 16.1. The standard InChI is InChI=1S/C19H23BrN4O4/c1-12(2)28-16-10-13(22-19-21-11-15(20)17(23-19)26-3)4-5-14(16)18(25)24-6-8-27-9-7-24/h4-5,10-12H,6-9H2,1-3H3,(H,21,22,23). The third-order valence-electron chi connectivity index (χ3n) is 4.03. The van der Waals surface area contributed by atoms with Gasteiger partial charge in [-0.15, -0.1) is 0 Å². The number of ether oxygens (including phenoxy) is 3. The third-order valence-corrected chi connectivity index (χ3v) is 4.58. The van der Waals surface area contributed by atoms with Gasteiger partial charge in [-0.1, -0.05) is 0 Å². The maximum Gasteiger partial charge on any atom is 0.257 e. The average molecular weight is 451 g/mol. The van der Waals surface area contributed by atoms with Crippen LogP contribution in [0.15, 0.2) is 28.9 Å².